The fourth-order valence-electron chi connectivity index (χ4n) is 2.48. The van der Waals surface area contributed by atoms with Crippen LogP contribution in [0.1, 0.15) is 37.7 Å². The number of amides is 1. The molecule has 1 aromatic carbocycles. The highest BCUT2D eigenvalue weighted by molar-refractivity contribution is 6.31. The summed E-state index contributed by atoms with van der Waals surface area (Å²) in [6.07, 6.45) is 0.653. The standard InChI is InChI=1S/C15H17ClF3NO2/c16-13-7-6-11(8-12(13)15(17,18)19)22-9-14(21)20-10-4-2-1-3-5-10/h6-8,10H,1-5,9H2,(H,20,21). The number of rotatable bonds is 4. The number of carbonyl (C=O) groups excluding carboxylic acids is 1. The molecule has 1 aliphatic carbocycles. The smallest absolute Gasteiger partial charge is 0.417 e. The molecule has 0 bridgehead atoms. The molecular weight excluding hydrogens is 319 g/mol. The molecule has 3 nitrogen and oxygen atoms in total. The van der Waals surface area contributed by atoms with Crippen LogP contribution in [0.3, 0.4) is 0 Å². The van der Waals surface area contributed by atoms with Gasteiger partial charge in [-0.3, -0.25) is 4.79 Å². The van der Waals surface area contributed by atoms with E-state index in [0.29, 0.717) is 0 Å². The average molecular weight is 336 g/mol. The minimum atomic E-state index is -4.55. The highest BCUT2D eigenvalue weighted by Gasteiger charge is 2.33. The molecule has 0 saturated heterocycles. The zero-order valence-corrected chi connectivity index (χ0v) is 12.6. The molecule has 0 spiro atoms. The molecule has 0 radical (unpaired) electrons. The van der Waals surface area contributed by atoms with Crippen molar-refractivity contribution in [2.24, 2.45) is 0 Å². The number of hydrogen-bond acceptors (Lipinski definition) is 2. The van der Waals surface area contributed by atoms with Gasteiger partial charge in [0.2, 0.25) is 0 Å². The van der Waals surface area contributed by atoms with Crippen molar-refractivity contribution in [2.45, 2.75) is 44.3 Å². The van der Waals surface area contributed by atoms with Crippen LogP contribution in [-0.4, -0.2) is 18.6 Å². The molecule has 1 aromatic rings. The maximum absolute atomic E-state index is 12.7. The molecule has 0 atom stereocenters. The molecule has 122 valence electrons. The second-order valence-electron chi connectivity index (χ2n) is 5.33. The Hall–Kier alpha value is -1.43. The van der Waals surface area contributed by atoms with Gasteiger partial charge in [0.05, 0.1) is 10.6 Å². The summed E-state index contributed by atoms with van der Waals surface area (Å²) < 4.78 is 43.3. The third-order valence-corrected chi connectivity index (χ3v) is 3.91. The molecule has 7 heteroatoms. The molecule has 1 fully saturated rings. The van der Waals surface area contributed by atoms with Crippen LogP contribution in [0, 0.1) is 0 Å². The van der Waals surface area contributed by atoms with E-state index in [4.69, 9.17) is 16.3 Å². The van der Waals surface area contributed by atoms with Crippen LogP contribution in [0.2, 0.25) is 5.02 Å². The molecule has 0 aliphatic heterocycles. The largest absolute Gasteiger partial charge is 0.484 e. The second kappa shape index (κ2) is 7.22. The molecule has 22 heavy (non-hydrogen) atoms. The fraction of sp³-hybridized carbons (Fsp3) is 0.533. The summed E-state index contributed by atoms with van der Waals surface area (Å²) in [6.45, 7) is -0.310. The Bertz CT molecular complexity index is 528. The van der Waals surface area contributed by atoms with Crippen LogP contribution in [0.4, 0.5) is 13.2 Å². The van der Waals surface area contributed by atoms with Crippen molar-refractivity contribution < 1.29 is 22.7 Å². The molecule has 1 aliphatic rings. The van der Waals surface area contributed by atoms with E-state index in [1.165, 1.54) is 12.5 Å². The van der Waals surface area contributed by atoms with Gasteiger partial charge in [-0.1, -0.05) is 30.9 Å². The first kappa shape index (κ1) is 16.9. The number of halogens is 4. The molecule has 2 rings (SSSR count). The molecule has 1 saturated carbocycles. The zero-order chi connectivity index (χ0) is 16.2. The maximum Gasteiger partial charge on any atom is 0.417 e. The molecule has 1 N–H and O–H groups in total. The lowest BCUT2D eigenvalue weighted by Crippen LogP contribution is -2.38. The second-order valence-corrected chi connectivity index (χ2v) is 5.74. The number of carbonyl (C=O) groups is 1. The van der Waals surface area contributed by atoms with E-state index >= 15 is 0 Å². The predicted octanol–water partition coefficient (Wildman–Crippen LogP) is 4.19. The van der Waals surface area contributed by atoms with Crippen LogP contribution in [0.5, 0.6) is 5.75 Å². The Labute approximate surface area is 131 Å². The van der Waals surface area contributed by atoms with Crippen LogP contribution >= 0.6 is 11.6 Å². The van der Waals surface area contributed by atoms with Gasteiger partial charge in [0.15, 0.2) is 6.61 Å². The highest BCUT2D eigenvalue weighted by atomic mass is 35.5. The summed E-state index contributed by atoms with van der Waals surface area (Å²) in [4.78, 5) is 11.7. The Morgan fingerprint density at radius 2 is 1.95 bits per heavy atom. The number of benzene rings is 1. The van der Waals surface area contributed by atoms with E-state index in [1.807, 2.05) is 0 Å². The first-order chi connectivity index (χ1) is 10.4. The average Bonchev–Trinajstić information content (AvgIpc) is 2.46. The summed E-state index contributed by atoms with van der Waals surface area (Å²) in [5.41, 5.74) is -0.973. The first-order valence-electron chi connectivity index (χ1n) is 7.15. The third kappa shape index (κ3) is 4.80. The van der Waals surface area contributed by atoms with Gasteiger partial charge in [-0.2, -0.15) is 13.2 Å². The Morgan fingerprint density at radius 1 is 1.27 bits per heavy atom. The molecule has 1 amide bonds. The quantitative estimate of drug-likeness (QED) is 0.896. The van der Waals surface area contributed by atoms with Gasteiger partial charge in [-0.15, -0.1) is 0 Å². The Morgan fingerprint density at radius 3 is 2.59 bits per heavy atom. The number of ether oxygens (including phenoxy) is 1. The van der Waals surface area contributed by atoms with Gasteiger partial charge in [0.25, 0.3) is 5.91 Å². The van der Waals surface area contributed by atoms with Crippen LogP contribution in [-0.2, 0) is 11.0 Å². The van der Waals surface area contributed by atoms with Crippen LogP contribution in [0.25, 0.3) is 0 Å². The summed E-state index contributed by atoms with van der Waals surface area (Å²) >= 11 is 5.52. The van der Waals surface area contributed by atoms with Gasteiger partial charge in [0.1, 0.15) is 5.75 Å². The topological polar surface area (TPSA) is 38.3 Å². The van der Waals surface area contributed by atoms with Gasteiger partial charge >= 0.3 is 6.18 Å². The van der Waals surface area contributed by atoms with Gasteiger partial charge in [-0.25, -0.2) is 0 Å². The van der Waals surface area contributed by atoms with Gasteiger partial charge < -0.3 is 10.1 Å². The van der Waals surface area contributed by atoms with E-state index in [2.05, 4.69) is 5.32 Å². The summed E-state index contributed by atoms with van der Waals surface area (Å²) in [5.74, 6) is -0.356. The maximum atomic E-state index is 12.7. The molecular formula is C15H17ClF3NO2. The summed E-state index contributed by atoms with van der Waals surface area (Å²) in [7, 11) is 0. The van der Waals surface area contributed by atoms with Crippen LogP contribution in [0.15, 0.2) is 18.2 Å². The minimum absolute atomic E-state index is 0.0319. The van der Waals surface area contributed by atoms with Crippen molar-refractivity contribution in [3.63, 3.8) is 0 Å². The SMILES string of the molecule is O=C(COc1ccc(Cl)c(C(F)(F)F)c1)NC1CCCCC1. The number of nitrogens with one attached hydrogen (secondary N) is 1. The van der Waals surface area contributed by atoms with Crippen molar-refractivity contribution in [1.29, 1.82) is 0 Å². The minimum Gasteiger partial charge on any atom is -0.484 e. The lowest BCUT2D eigenvalue weighted by molar-refractivity contribution is -0.137. The van der Waals surface area contributed by atoms with E-state index in [0.717, 1.165) is 37.8 Å². The predicted molar refractivity (Wildman–Crippen MR) is 77.0 cm³/mol. The van der Waals surface area contributed by atoms with E-state index < -0.39 is 16.8 Å². The van der Waals surface area contributed by atoms with E-state index in [-0.39, 0.29) is 24.3 Å². The lowest BCUT2D eigenvalue weighted by atomic mass is 9.95. The lowest BCUT2D eigenvalue weighted by Gasteiger charge is -2.22. The molecule has 0 aromatic heterocycles. The van der Waals surface area contributed by atoms with Crippen molar-refractivity contribution >= 4 is 17.5 Å². The number of hydrogen-bond donors (Lipinski definition) is 1. The first-order valence-corrected chi connectivity index (χ1v) is 7.53. The van der Waals surface area contributed by atoms with Crippen LogP contribution < -0.4 is 10.1 Å². The number of alkyl halides is 3. The third-order valence-electron chi connectivity index (χ3n) is 3.58. The Balaban J connectivity index is 1.89. The Kier molecular flexibility index (Phi) is 5.56. The highest BCUT2D eigenvalue weighted by Crippen LogP contribution is 2.36. The van der Waals surface area contributed by atoms with E-state index in [9.17, 15) is 18.0 Å². The van der Waals surface area contributed by atoms with E-state index in [1.54, 1.807) is 0 Å². The molecule has 0 heterocycles. The zero-order valence-electron chi connectivity index (χ0n) is 11.9. The van der Waals surface area contributed by atoms with Crippen molar-refractivity contribution in [1.82, 2.24) is 5.32 Å². The summed E-state index contributed by atoms with van der Waals surface area (Å²) in [6, 6.07) is 3.36. The summed E-state index contributed by atoms with van der Waals surface area (Å²) in [5, 5.41) is 2.44. The molecule has 0 unspecified atom stereocenters. The monoisotopic (exact) mass is 335 g/mol. The fourth-order valence-corrected chi connectivity index (χ4v) is 2.70. The van der Waals surface area contributed by atoms with Gasteiger partial charge in [-0.05, 0) is 31.0 Å². The normalized spacial score (nSPS) is 16.4. The van der Waals surface area contributed by atoms with Crippen molar-refractivity contribution in [2.75, 3.05) is 6.61 Å². The van der Waals surface area contributed by atoms with Crippen molar-refractivity contribution in [3.8, 4) is 5.75 Å². The van der Waals surface area contributed by atoms with Crippen molar-refractivity contribution in [3.05, 3.63) is 28.8 Å². The van der Waals surface area contributed by atoms with Gasteiger partial charge in [0, 0.05) is 6.04 Å².